The second kappa shape index (κ2) is 6.10. The van der Waals surface area contributed by atoms with Crippen LogP contribution >= 0.6 is 0 Å². The van der Waals surface area contributed by atoms with Gasteiger partial charge in [0.1, 0.15) is 5.56 Å². The molecule has 0 aromatic carbocycles. The lowest BCUT2D eigenvalue weighted by Crippen LogP contribution is -2.16. The summed E-state index contributed by atoms with van der Waals surface area (Å²) in [6.07, 6.45) is 6.27. The van der Waals surface area contributed by atoms with Crippen molar-refractivity contribution in [2.24, 2.45) is 0 Å². The number of nitrogens with two attached hydrogens (primary N) is 1. The monoisotopic (exact) mass is 342 g/mol. The molecule has 0 spiro atoms. The van der Waals surface area contributed by atoms with Crippen molar-refractivity contribution in [3.05, 3.63) is 47.8 Å². The summed E-state index contributed by atoms with van der Waals surface area (Å²) in [7, 11) is 0. The van der Waals surface area contributed by atoms with Gasteiger partial charge in [0.25, 0.3) is 5.91 Å². The van der Waals surface area contributed by atoms with Gasteiger partial charge in [-0.25, -0.2) is 13.9 Å². The number of nitrogens with zero attached hydrogens (tertiary/aromatic N) is 4. The Morgan fingerprint density at radius 1 is 1.44 bits per heavy atom. The Balaban J connectivity index is 1.68. The van der Waals surface area contributed by atoms with Crippen LogP contribution in [0.3, 0.4) is 0 Å². The number of ether oxygens (including phenoxy) is 1. The van der Waals surface area contributed by atoms with Crippen LogP contribution in [0.25, 0.3) is 5.65 Å². The molecule has 0 saturated carbocycles. The third-order valence-electron chi connectivity index (χ3n) is 4.17. The van der Waals surface area contributed by atoms with Crippen LogP contribution in [0.5, 0.6) is 0 Å². The van der Waals surface area contributed by atoms with E-state index < -0.39 is 11.7 Å². The highest BCUT2D eigenvalue weighted by atomic mass is 19.1. The number of hydrogen-bond donors (Lipinski definition) is 2. The van der Waals surface area contributed by atoms with Crippen molar-refractivity contribution in [1.29, 1.82) is 0 Å². The number of anilines is 2. The normalized spacial score (nSPS) is 17.1. The number of pyridine rings is 1. The Bertz CT molecular complexity index is 951. The van der Waals surface area contributed by atoms with E-state index in [4.69, 9.17) is 10.5 Å². The first-order valence-corrected chi connectivity index (χ1v) is 7.76. The van der Waals surface area contributed by atoms with Gasteiger partial charge in [0.15, 0.2) is 17.3 Å². The number of nitrogen functional groups attached to an aromatic ring is 1. The zero-order valence-electron chi connectivity index (χ0n) is 13.1. The highest BCUT2D eigenvalue weighted by Crippen LogP contribution is 2.31. The zero-order valence-corrected chi connectivity index (χ0v) is 13.1. The predicted molar refractivity (Wildman–Crippen MR) is 87.7 cm³/mol. The topological polar surface area (TPSA) is 107 Å². The van der Waals surface area contributed by atoms with Crippen molar-refractivity contribution in [3.8, 4) is 0 Å². The number of hydrogen-bond acceptors (Lipinski definition) is 6. The van der Waals surface area contributed by atoms with Crippen LogP contribution in [0.2, 0.25) is 0 Å². The molecule has 3 aromatic rings. The second-order valence-electron chi connectivity index (χ2n) is 5.78. The standard InChI is InChI=1S/C16H15FN6O2/c17-10-5-20-15-13(14(18)22-23(15)7-10)16(24)21-12-6-19-3-1-11(12)9-2-4-25-8-9/h1,3,5-7,9H,2,4,8H2,(H2,18,22)(H,21,24). The first kappa shape index (κ1) is 15.5. The highest BCUT2D eigenvalue weighted by Gasteiger charge is 2.24. The molecule has 3 aromatic heterocycles. The predicted octanol–water partition coefficient (Wildman–Crippen LogP) is 1.60. The molecule has 1 fully saturated rings. The summed E-state index contributed by atoms with van der Waals surface area (Å²) < 4.78 is 19.8. The van der Waals surface area contributed by atoms with E-state index in [0.717, 1.165) is 28.9 Å². The number of aromatic nitrogens is 4. The molecule has 0 radical (unpaired) electrons. The average Bonchev–Trinajstić information content (AvgIpc) is 3.22. The average molecular weight is 342 g/mol. The van der Waals surface area contributed by atoms with Crippen LogP contribution < -0.4 is 11.1 Å². The fraction of sp³-hybridized carbons (Fsp3) is 0.250. The maximum Gasteiger partial charge on any atom is 0.263 e. The van der Waals surface area contributed by atoms with Gasteiger partial charge in [0.05, 0.1) is 30.9 Å². The van der Waals surface area contributed by atoms with Gasteiger partial charge in [-0.3, -0.25) is 9.78 Å². The number of carbonyl (C=O) groups is 1. The van der Waals surface area contributed by atoms with Gasteiger partial charge < -0.3 is 15.8 Å². The van der Waals surface area contributed by atoms with E-state index in [0.29, 0.717) is 18.9 Å². The van der Waals surface area contributed by atoms with E-state index in [1.54, 1.807) is 12.4 Å². The molecule has 8 nitrogen and oxygen atoms in total. The largest absolute Gasteiger partial charge is 0.381 e. The van der Waals surface area contributed by atoms with Crippen molar-refractivity contribution >= 4 is 23.1 Å². The SMILES string of the molecule is Nc1nn2cc(F)cnc2c1C(=O)Nc1cnccc1C1CCOC1. The minimum absolute atomic E-state index is 0.0229. The summed E-state index contributed by atoms with van der Waals surface area (Å²) in [5.74, 6) is -0.866. The van der Waals surface area contributed by atoms with Gasteiger partial charge in [0.2, 0.25) is 0 Å². The van der Waals surface area contributed by atoms with Gasteiger partial charge in [0, 0.05) is 18.7 Å². The first-order chi connectivity index (χ1) is 12.1. The van der Waals surface area contributed by atoms with Crippen LogP contribution in [-0.2, 0) is 4.74 Å². The maximum absolute atomic E-state index is 13.3. The number of halogens is 1. The lowest BCUT2D eigenvalue weighted by atomic mass is 9.98. The number of carbonyl (C=O) groups excluding carboxylic acids is 1. The van der Waals surface area contributed by atoms with Crippen LogP contribution in [0.1, 0.15) is 28.3 Å². The number of amides is 1. The van der Waals surface area contributed by atoms with Crippen LogP contribution in [0.4, 0.5) is 15.9 Å². The van der Waals surface area contributed by atoms with Crippen molar-refractivity contribution in [2.45, 2.75) is 12.3 Å². The molecule has 0 bridgehead atoms. The quantitative estimate of drug-likeness (QED) is 0.749. The van der Waals surface area contributed by atoms with E-state index in [1.165, 1.54) is 0 Å². The molecule has 3 N–H and O–H groups in total. The fourth-order valence-electron chi connectivity index (χ4n) is 2.98. The third kappa shape index (κ3) is 2.78. The van der Waals surface area contributed by atoms with Gasteiger partial charge in [-0.15, -0.1) is 5.10 Å². The van der Waals surface area contributed by atoms with E-state index in [2.05, 4.69) is 20.4 Å². The highest BCUT2D eigenvalue weighted by molar-refractivity contribution is 6.11. The number of rotatable bonds is 3. The minimum atomic E-state index is -0.572. The smallest absolute Gasteiger partial charge is 0.263 e. The second-order valence-corrected chi connectivity index (χ2v) is 5.78. The Hall–Kier alpha value is -3.07. The molecule has 1 amide bonds. The Labute approximate surface area is 141 Å². The van der Waals surface area contributed by atoms with Gasteiger partial charge in [-0.2, -0.15) is 0 Å². The Morgan fingerprint density at radius 3 is 3.12 bits per heavy atom. The van der Waals surface area contributed by atoms with Crippen molar-refractivity contribution in [1.82, 2.24) is 19.6 Å². The molecule has 1 atom stereocenters. The fourth-order valence-corrected chi connectivity index (χ4v) is 2.98. The van der Waals surface area contributed by atoms with Gasteiger partial charge in [-0.05, 0) is 18.1 Å². The Morgan fingerprint density at radius 2 is 2.32 bits per heavy atom. The van der Waals surface area contributed by atoms with Gasteiger partial charge in [-0.1, -0.05) is 0 Å². The van der Waals surface area contributed by atoms with Crippen LogP contribution in [0, 0.1) is 5.82 Å². The summed E-state index contributed by atoms with van der Waals surface area (Å²) in [4.78, 5) is 20.7. The molecule has 1 aliphatic heterocycles. The lowest BCUT2D eigenvalue weighted by molar-refractivity contribution is 0.102. The zero-order chi connectivity index (χ0) is 17.4. The third-order valence-corrected chi connectivity index (χ3v) is 4.17. The van der Waals surface area contributed by atoms with Crippen molar-refractivity contribution in [3.63, 3.8) is 0 Å². The first-order valence-electron chi connectivity index (χ1n) is 7.76. The summed E-state index contributed by atoms with van der Waals surface area (Å²) in [5, 5.41) is 6.75. The van der Waals surface area contributed by atoms with Gasteiger partial charge >= 0.3 is 0 Å². The minimum Gasteiger partial charge on any atom is -0.381 e. The molecule has 1 unspecified atom stereocenters. The summed E-state index contributed by atoms with van der Waals surface area (Å²) in [6, 6.07) is 1.86. The lowest BCUT2D eigenvalue weighted by Gasteiger charge is -2.14. The molecule has 0 aliphatic carbocycles. The number of fused-ring (bicyclic) bond motifs is 1. The molecule has 4 rings (SSSR count). The molecule has 9 heteroatoms. The molecular formula is C16H15FN6O2. The van der Waals surface area contributed by atoms with Crippen LogP contribution in [0.15, 0.2) is 30.9 Å². The number of nitrogens with one attached hydrogen (secondary N) is 1. The van der Waals surface area contributed by atoms with E-state index in [1.807, 2.05) is 6.07 Å². The van der Waals surface area contributed by atoms with Crippen molar-refractivity contribution < 1.29 is 13.9 Å². The van der Waals surface area contributed by atoms with E-state index in [-0.39, 0.29) is 22.9 Å². The van der Waals surface area contributed by atoms with E-state index in [9.17, 15) is 9.18 Å². The molecule has 128 valence electrons. The van der Waals surface area contributed by atoms with E-state index >= 15 is 0 Å². The van der Waals surface area contributed by atoms with Crippen LogP contribution in [-0.4, -0.2) is 38.7 Å². The summed E-state index contributed by atoms with van der Waals surface area (Å²) in [6.45, 7) is 1.30. The summed E-state index contributed by atoms with van der Waals surface area (Å²) >= 11 is 0. The molecule has 1 saturated heterocycles. The van der Waals surface area contributed by atoms with Crippen molar-refractivity contribution in [2.75, 3.05) is 24.3 Å². The molecule has 1 aliphatic rings. The molecule has 4 heterocycles. The molecule has 25 heavy (non-hydrogen) atoms. The summed E-state index contributed by atoms with van der Waals surface area (Å²) in [5.41, 5.74) is 7.65. The maximum atomic E-state index is 13.3. The Kier molecular flexibility index (Phi) is 3.77. The molecular weight excluding hydrogens is 327 g/mol.